The third-order valence-electron chi connectivity index (χ3n) is 3.39. The minimum absolute atomic E-state index is 0.0394. The molecule has 1 N–H and O–H groups in total. The molecule has 4 nitrogen and oxygen atoms in total. The largest absolute Gasteiger partial charge is 0.506 e. The molecule has 0 aliphatic carbocycles. The smallest absolute Gasteiger partial charge is 0.306 e. The molecular weight excluding hydrogens is 300 g/mol. The molecule has 0 saturated heterocycles. The topological polar surface area (TPSA) is 63.6 Å². The fourth-order valence-electron chi connectivity index (χ4n) is 2.40. The zero-order valence-electron chi connectivity index (χ0n) is 13.0. The van der Waals surface area contributed by atoms with Gasteiger partial charge in [-0.2, -0.15) is 0 Å². The molecule has 0 aliphatic rings. The Kier molecular flexibility index (Phi) is 4.86. The second-order valence-corrected chi connectivity index (χ2v) is 7.07. The van der Waals surface area contributed by atoms with Gasteiger partial charge in [-0.1, -0.05) is 26.0 Å². The third kappa shape index (κ3) is 3.65. The highest BCUT2D eigenvalue weighted by atomic mass is 32.1. The van der Waals surface area contributed by atoms with Gasteiger partial charge < -0.3 is 9.84 Å². The molecule has 0 saturated carbocycles. The molecule has 0 fully saturated rings. The molecule has 5 heteroatoms. The molecule has 2 aromatic rings. The van der Waals surface area contributed by atoms with Crippen LogP contribution in [-0.2, 0) is 9.53 Å². The Morgan fingerprint density at radius 1 is 1.23 bits per heavy atom. The normalized spacial score (nSPS) is 11.6. The van der Waals surface area contributed by atoms with Gasteiger partial charge in [0.15, 0.2) is 5.78 Å². The van der Waals surface area contributed by atoms with Crippen LogP contribution in [0.5, 0.6) is 5.75 Å². The maximum atomic E-state index is 12.5. The number of thiophene rings is 1. The maximum Gasteiger partial charge on any atom is 0.306 e. The van der Waals surface area contributed by atoms with E-state index in [0.717, 1.165) is 4.70 Å². The summed E-state index contributed by atoms with van der Waals surface area (Å²) in [5.41, 5.74) is -0.508. The van der Waals surface area contributed by atoms with Gasteiger partial charge in [-0.05, 0) is 24.5 Å². The van der Waals surface area contributed by atoms with E-state index in [0.29, 0.717) is 16.9 Å². The van der Waals surface area contributed by atoms with E-state index in [9.17, 15) is 14.7 Å². The number of esters is 1. The number of ketones is 1. The number of carbonyl (C=O) groups is 2. The van der Waals surface area contributed by atoms with E-state index in [1.54, 1.807) is 13.0 Å². The standard InChI is InChI=1S/C17H20O4S/c1-4-21-14(19)10-17(2,3)9-12(18)16-15(20)11-7-5-6-8-13(11)22-16/h5-8,20H,4,9-10H2,1-3H3. The molecule has 0 spiro atoms. The van der Waals surface area contributed by atoms with Crippen LogP contribution in [0.2, 0.25) is 0 Å². The summed E-state index contributed by atoms with van der Waals surface area (Å²) in [5.74, 6) is -0.411. The summed E-state index contributed by atoms with van der Waals surface area (Å²) < 4.78 is 5.82. The van der Waals surface area contributed by atoms with Gasteiger partial charge >= 0.3 is 5.97 Å². The first-order valence-corrected chi connectivity index (χ1v) is 8.05. The number of fused-ring (bicyclic) bond motifs is 1. The molecule has 2 rings (SSSR count). The van der Waals surface area contributed by atoms with Crippen LogP contribution in [0, 0.1) is 5.41 Å². The fourth-order valence-corrected chi connectivity index (χ4v) is 3.43. The summed E-state index contributed by atoms with van der Waals surface area (Å²) in [4.78, 5) is 24.5. The van der Waals surface area contributed by atoms with Gasteiger partial charge in [0.2, 0.25) is 0 Å². The first-order valence-electron chi connectivity index (χ1n) is 7.23. The second-order valence-electron chi connectivity index (χ2n) is 6.02. The van der Waals surface area contributed by atoms with Gasteiger partial charge in [-0.25, -0.2) is 0 Å². The summed E-state index contributed by atoms with van der Waals surface area (Å²) in [6.45, 7) is 5.80. The summed E-state index contributed by atoms with van der Waals surface area (Å²) in [5, 5.41) is 10.9. The Balaban J connectivity index is 2.16. The van der Waals surface area contributed by atoms with E-state index in [2.05, 4.69) is 0 Å². The summed E-state index contributed by atoms with van der Waals surface area (Å²) in [7, 11) is 0. The zero-order valence-corrected chi connectivity index (χ0v) is 13.8. The van der Waals surface area contributed by atoms with E-state index in [1.165, 1.54) is 11.3 Å². The highest BCUT2D eigenvalue weighted by molar-refractivity contribution is 7.21. The average Bonchev–Trinajstić information content (AvgIpc) is 2.76. The van der Waals surface area contributed by atoms with Gasteiger partial charge in [-0.3, -0.25) is 9.59 Å². The number of carbonyl (C=O) groups excluding carboxylic acids is 2. The van der Waals surface area contributed by atoms with Crippen LogP contribution in [0.25, 0.3) is 10.1 Å². The third-order valence-corrected chi connectivity index (χ3v) is 4.59. The SMILES string of the molecule is CCOC(=O)CC(C)(C)CC(=O)c1sc2ccccc2c1O. The second kappa shape index (κ2) is 6.48. The van der Waals surface area contributed by atoms with Crippen LogP contribution in [0.4, 0.5) is 0 Å². The van der Waals surface area contributed by atoms with Crippen molar-refractivity contribution in [2.24, 2.45) is 5.41 Å². The highest BCUT2D eigenvalue weighted by Crippen LogP contribution is 2.39. The molecule has 1 aromatic carbocycles. The molecule has 0 aliphatic heterocycles. The fraction of sp³-hybridized carbons (Fsp3) is 0.412. The first kappa shape index (κ1) is 16.5. The lowest BCUT2D eigenvalue weighted by Crippen LogP contribution is -2.22. The Bertz CT molecular complexity index is 700. The van der Waals surface area contributed by atoms with Crippen molar-refractivity contribution in [3.8, 4) is 5.75 Å². The number of benzene rings is 1. The number of hydrogen-bond donors (Lipinski definition) is 1. The van der Waals surface area contributed by atoms with E-state index >= 15 is 0 Å². The molecule has 0 bridgehead atoms. The zero-order chi connectivity index (χ0) is 16.3. The Hall–Kier alpha value is -1.88. The van der Waals surface area contributed by atoms with Crippen LogP contribution < -0.4 is 0 Å². The Morgan fingerprint density at radius 2 is 1.91 bits per heavy atom. The molecule has 0 radical (unpaired) electrons. The maximum absolute atomic E-state index is 12.5. The monoisotopic (exact) mass is 320 g/mol. The van der Waals surface area contributed by atoms with Crippen LogP contribution in [0.3, 0.4) is 0 Å². The highest BCUT2D eigenvalue weighted by Gasteiger charge is 2.29. The van der Waals surface area contributed by atoms with Crippen molar-refractivity contribution in [1.82, 2.24) is 0 Å². The van der Waals surface area contributed by atoms with Crippen LogP contribution >= 0.6 is 11.3 Å². The summed E-state index contributed by atoms with van der Waals surface area (Å²) in [6, 6.07) is 7.37. The Labute approximate surface area is 133 Å². The van der Waals surface area contributed by atoms with Gasteiger partial charge in [0.1, 0.15) is 10.6 Å². The lowest BCUT2D eigenvalue weighted by Gasteiger charge is -2.22. The van der Waals surface area contributed by atoms with E-state index in [-0.39, 0.29) is 30.3 Å². The predicted octanol–water partition coefficient (Wildman–Crippen LogP) is 4.16. The molecule has 1 aromatic heterocycles. The summed E-state index contributed by atoms with van der Waals surface area (Å²) in [6.07, 6.45) is 0.366. The van der Waals surface area contributed by atoms with Gasteiger partial charge in [0.05, 0.1) is 13.0 Å². The molecule has 0 amide bonds. The predicted molar refractivity (Wildman–Crippen MR) is 87.5 cm³/mol. The minimum Gasteiger partial charge on any atom is -0.506 e. The molecule has 0 atom stereocenters. The van der Waals surface area contributed by atoms with Crippen molar-refractivity contribution in [3.63, 3.8) is 0 Å². The van der Waals surface area contributed by atoms with Crippen LogP contribution in [-0.4, -0.2) is 23.5 Å². The van der Waals surface area contributed by atoms with Gasteiger partial charge in [-0.15, -0.1) is 11.3 Å². The van der Waals surface area contributed by atoms with Crippen molar-refractivity contribution < 1.29 is 19.4 Å². The minimum atomic E-state index is -0.508. The average molecular weight is 320 g/mol. The van der Waals surface area contributed by atoms with Gasteiger partial charge in [0, 0.05) is 16.5 Å². The molecule has 1 heterocycles. The van der Waals surface area contributed by atoms with E-state index in [1.807, 2.05) is 32.0 Å². The molecule has 0 unspecified atom stereocenters. The lowest BCUT2D eigenvalue weighted by molar-refractivity contribution is -0.145. The Morgan fingerprint density at radius 3 is 2.55 bits per heavy atom. The van der Waals surface area contributed by atoms with Crippen molar-refractivity contribution in [2.45, 2.75) is 33.6 Å². The molecule has 22 heavy (non-hydrogen) atoms. The number of aromatic hydroxyl groups is 1. The van der Waals surface area contributed by atoms with Crippen molar-refractivity contribution in [3.05, 3.63) is 29.1 Å². The number of Topliss-reactive ketones (excluding diaryl/α,β-unsaturated/α-hetero) is 1. The number of ether oxygens (including phenoxy) is 1. The number of hydrogen-bond acceptors (Lipinski definition) is 5. The van der Waals surface area contributed by atoms with Crippen LogP contribution in [0.1, 0.15) is 43.3 Å². The first-order chi connectivity index (χ1) is 10.3. The quantitative estimate of drug-likeness (QED) is 0.641. The van der Waals surface area contributed by atoms with Gasteiger partial charge in [0.25, 0.3) is 0 Å². The molecule has 118 valence electrons. The lowest BCUT2D eigenvalue weighted by atomic mass is 9.83. The van der Waals surface area contributed by atoms with Crippen molar-refractivity contribution >= 4 is 33.2 Å². The van der Waals surface area contributed by atoms with Crippen LogP contribution in [0.15, 0.2) is 24.3 Å². The van der Waals surface area contributed by atoms with Crippen molar-refractivity contribution in [1.29, 1.82) is 0 Å². The van der Waals surface area contributed by atoms with Crippen molar-refractivity contribution in [2.75, 3.05) is 6.61 Å². The number of rotatable bonds is 6. The summed E-state index contributed by atoms with van der Waals surface area (Å²) >= 11 is 1.29. The molecular formula is C17H20O4S. The van der Waals surface area contributed by atoms with E-state index < -0.39 is 5.41 Å². The van der Waals surface area contributed by atoms with E-state index in [4.69, 9.17) is 4.74 Å².